The van der Waals surface area contributed by atoms with Crippen molar-refractivity contribution in [3.63, 3.8) is 0 Å². The number of aromatic carboxylic acids is 1. The van der Waals surface area contributed by atoms with Gasteiger partial charge in [-0.2, -0.15) is 0 Å². The van der Waals surface area contributed by atoms with Gasteiger partial charge in [-0.25, -0.2) is 9.59 Å². The Morgan fingerprint density at radius 3 is 2.33 bits per heavy atom. The van der Waals surface area contributed by atoms with Gasteiger partial charge in [-0.05, 0) is 35.0 Å². The summed E-state index contributed by atoms with van der Waals surface area (Å²) in [5.74, 6) is -2.77. The standard InChI is InChI=1S/C19H22O5/c1-10(2)12(17(21)22)9-11-5-6-13-16(15(11)18(23)24)14(20)7-8-19(13,3)4/h5-6,9-10H,7-8H2,1-4H3,(H,21,22)(H,23,24)/b12-9-. The molecule has 0 saturated heterocycles. The van der Waals surface area contributed by atoms with Crippen molar-refractivity contribution in [2.75, 3.05) is 0 Å². The summed E-state index contributed by atoms with van der Waals surface area (Å²) in [4.78, 5) is 35.6. The van der Waals surface area contributed by atoms with Crippen LogP contribution in [0, 0.1) is 5.92 Å². The summed E-state index contributed by atoms with van der Waals surface area (Å²) in [6, 6.07) is 3.36. The van der Waals surface area contributed by atoms with Gasteiger partial charge >= 0.3 is 11.9 Å². The lowest BCUT2D eigenvalue weighted by Gasteiger charge is -2.32. The van der Waals surface area contributed by atoms with E-state index in [1.165, 1.54) is 6.08 Å². The number of carbonyl (C=O) groups excluding carboxylic acids is 1. The van der Waals surface area contributed by atoms with Crippen molar-refractivity contribution in [1.29, 1.82) is 0 Å². The van der Waals surface area contributed by atoms with Crippen LogP contribution < -0.4 is 0 Å². The number of hydrogen-bond donors (Lipinski definition) is 2. The quantitative estimate of drug-likeness (QED) is 0.820. The van der Waals surface area contributed by atoms with Crippen molar-refractivity contribution < 1.29 is 24.6 Å². The molecule has 0 saturated carbocycles. The first-order valence-corrected chi connectivity index (χ1v) is 7.95. The van der Waals surface area contributed by atoms with Crippen LogP contribution in [0.2, 0.25) is 0 Å². The second-order valence-corrected chi connectivity index (χ2v) is 7.12. The minimum atomic E-state index is -1.21. The molecule has 0 atom stereocenters. The van der Waals surface area contributed by atoms with Gasteiger partial charge in [-0.15, -0.1) is 0 Å². The smallest absolute Gasteiger partial charge is 0.337 e. The summed E-state index contributed by atoms with van der Waals surface area (Å²) in [6.45, 7) is 7.42. The maximum Gasteiger partial charge on any atom is 0.337 e. The number of fused-ring (bicyclic) bond motifs is 1. The molecule has 0 heterocycles. The zero-order chi connectivity index (χ0) is 18.2. The summed E-state index contributed by atoms with van der Waals surface area (Å²) in [6.07, 6.45) is 2.33. The molecule has 128 valence electrons. The molecule has 2 N–H and O–H groups in total. The number of carboxylic acid groups (broad SMARTS) is 2. The molecule has 0 spiro atoms. The second kappa shape index (κ2) is 6.23. The Labute approximate surface area is 141 Å². The van der Waals surface area contributed by atoms with E-state index in [0.29, 0.717) is 12.8 Å². The van der Waals surface area contributed by atoms with Crippen LogP contribution in [-0.2, 0) is 10.2 Å². The van der Waals surface area contributed by atoms with Crippen LogP contribution in [-0.4, -0.2) is 27.9 Å². The van der Waals surface area contributed by atoms with E-state index in [1.54, 1.807) is 26.0 Å². The molecule has 2 rings (SSSR count). The molecule has 5 nitrogen and oxygen atoms in total. The predicted molar refractivity (Wildman–Crippen MR) is 90.4 cm³/mol. The van der Waals surface area contributed by atoms with Crippen molar-refractivity contribution in [2.45, 2.75) is 46.0 Å². The summed E-state index contributed by atoms with van der Waals surface area (Å²) in [7, 11) is 0. The fraction of sp³-hybridized carbons (Fsp3) is 0.421. The summed E-state index contributed by atoms with van der Waals surface area (Å²) in [5.41, 5.74) is 0.933. The second-order valence-electron chi connectivity index (χ2n) is 7.12. The van der Waals surface area contributed by atoms with Crippen molar-refractivity contribution in [1.82, 2.24) is 0 Å². The molecular weight excluding hydrogens is 308 g/mol. The topological polar surface area (TPSA) is 91.7 Å². The van der Waals surface area contributed by atoms with Gasteiger partial charge in [0.1, 0.15) is 0 Å². The highest BCUT2D eigenvalue weighted by Crippen LogP contribution is 2.39. The molecule has 0 fully saturated rings. The molecule has 24 heavy (non-hydrogen) atoms. The minimum absolute atomic E-state index is 0.0929. The maximum absolute atomic E-state index is 12.4. The highest BCUT2D eigenvalue weighted by atomic mass is 16.4. The molecule has 1 aliphatic carbocycles. The zero-order valence-electron chi connectivity index (χ0n) is 14.3. The van der Waals surface area contributed by atoms with Crippen molar-refractivity contribution in [3.05, 3.63) is 40.0 Å². The minimum Gasteiger partial charge on any atom is -0.478 e. The van der Waals surface area contributed by atoms with E-state index in [4.69, 9.17) is 0 Å². The maximum atomic E-state index is 12.4. The highest BCUT2D eigenvalue weighted by molar-refractivity contribution is 6.10. The highest BCUT2D eigenvalue weighted by Gasteiger charge is 2.35. The average molecular weight is 330 g/mol. The monoisotopic (exact) mass is 330 g/mol. The van der Waals surface area contributed by atoms with Crippen LogP contribution in [0.1, 0.15) is 72.4 Å². The number of Topliss-reactive ketones (excluding diaryl/α,β-unsaturated/α-hetero) is 1. The van der Waals surface area contributed by atoms with Crippen LogP contribution in [0.4, 0.5) is 0 Å². The molecule has 0 aliphatic heterocycles. The molecule has 0 bridgehead atoms. The number of benzene rings is 1. The van der Waals surface area contributed by atoms with Gasteiger partial charge in [0.05, 0.1) is 5.56 Å². The normalized spacial score (nSPS) is 16.9. The van der Waals surface area contributed by atoms with Crippen molar-refractivity contribution >= 4 is 23.8 Å². The molecule has 5 heteroatoms. The van der Waals surface area contributed by atoms with Crippen molar-refractivity contribution in [2.24, 2.45) is 5.92 Å². The molecule has 1 aromatic rings. The van der Waals surface area contributed by atoms with Gasteiger partial charge in [-0.3, -0.25) is 4.79 Å². The van der Waals surface area contributed by atoms with E-state index < -0.39 is 11.9 Å². The van der Waals surface area contributed by atoms with E-state index >= 15 is 0 Å². The lowest BCUT2D eigenvalue weighted by atomic mass is 9.70. The molecule has 0 amide bonds. The summed E-state index contributed by atoms with van der Waals surface area (Å²) >= 11 is 0. The van der Waals surface area contributed by atoms with Crippen LogP contribution in [0.5, 0.6) is 0 Å². The first-order valence-electron chi connectivity index (χ1n) is 7.95. The van der Waals surface area contributed by atoms with Gasteiger partial charge in [0.15, 0.2) is 5.78 Å². The van der Waals surface area contributed by atoms with E-state index in [0.717, 1.165) is 5.56 Å². The van der Waals surface area contributed by atoms with Gasteiger partial charge in [0.2, 0.25) is 0 Å². The lowest BCUT2D eigenvalue weighted by molar-refractivity contribution is -0.133. The van der Waals surface area contributed by atoms with Gasteiger partial charge < -0.3 is 10.2 Å². The Morgan fingerprint density at radius 2 is 1.83 bits per heavy atom. The molecule has 1 aliphatic rings. The number of ketones is 1. The summed E-state index contributed by atoms with van der Waals surface area (Å²) in [5, 5.41) is 19.0. The van der Waals surface area contributed by atoms with E-state index in [2.05, 4.69) is 0 Å². The first kappa shape index (κ1) is 17.9. The lowest BCUT2D eigenvalue weighted by Crippen LogP contribution is -2.29. The Morgan fingerprint density at radius 1 is 1.21 bits per heavy atom. The number of carboxylic acids is 2. The van der Waals surface area contributed by atoms with Gasteiger partial charge in [0.25, 0.3) is 0 Å². The first-order chi connectivity index (χ1) is 11.1. The third-order valence-electron chi connectivity index (χ3n) is 4.62. The largest absolute Gasteiger partial charge is 0.478 e. The molecule has 0 unspecified atom stereocenters. The van der Waals surface area contributed by atoms with Crippen LogP contribution in [0.3, 0.4) is 0 Å². The van der Waals surface area contributed by atoms with Crippen LogP contribution in [0.15, 0.2) is 17.7 Å². The third-order valence-corrected chi connectivity index (χ3v) is 4.62. The predicted octanol–water partition coefficient (Wildman–Crippen LogP) is 3.76. The van der Waals surface area contributed by atoms with Crippen LogP contribution in [0.25, 0.3) is 6.08 Å². The van der Waals surface area contributed by atoms with Gasteiger partial charge in [0, 0.05) is 17.6 Å². The molecule has 1 aromatic carbocycles. The molecular formula is C19H22O5. The van der Waals surface area contributed by atoms with Gasteiger partial charge in [-0.1, -0.05) is 39.8 Å². The number of carbonyl (C=O) groups is 3. The Hall–Kier alpha value is -2.43. The number of aliphatic carboxylic acids is 1. The fourth-order valence-electron chi connectivity index (χ4n) is 3.15. The van der Waals surface area contributed by atoms with Crippen LogP contribution >= 0.6 is 0 Å². The van der Waals surface area contributed by atoms with Crippen molar-refractivity contribution in [3.8, 4) is 0 Å². The Kier molecular flexibility index (Phi) is 4.65. The number of rotatable bonds is 4. The van der Waals surface area contributed by atoms with E-state index in [9.17, 15) is 24.6 Å². The van der Waals surface area contributed by atoms with E-state index in [-0.39, 0.29) is 39.4 Å². The third kappa shape index (κ3) is 3.11. The zero-order valence-corrected chi connectivity index (χ0v) is 14.3. The Bertz CT molecular complexity index is 753. The molecule has 0 radical (unpaired) electrons. The SMILES string of the molecule is CC(C)/C(=C/c1ccc2c(c1C(=O)O)C(=O)CCC2(C)C)C(=O)O. The number of hydrogen-bond acceptors (Lipinski definition) is 3. The fourth-order valence-corrected chi connectivity index (χ4v) is 3.15. The Balaban J connectivity index is 2.79. The molecule has 0 aromatic heterocycles. The summed E-state index contributed by atoms with van der Waals surface area (Å²) < 4.78 is 0. The average Bonchev–Trinajstić information content (AvgIpc) is 2.47. The van der Waals surface area contributed by atoms with E-state index in [1.807, 2.05) is 13.8 Å².